The van der Waals surface area contributed by atoms with Crippen LogP contribution in [0.1, 0.15) is 13.8 Å². The number of carbonyl (C=O) groups excluding carboxylic acids is 2. The molecule has 134 valence electrons. The summed E-state index contributed by atoms with van der Waals surface area (Å²) in [6.07, 6.45) is 5.25. The average molecular weight is 363 g/mol. The number of H-pyrrole nitrogens is 1. The number of nitrogens with one attached hydrogen (secondary N) is 2. The Kier molecular flexibility index (Phi) is 4.07. The normalized spacial score (nSPS) is 32.7. The number of rotatable bonds is 6. The van der Waals surface area contributed by atoms with Crippen molar-refractivity contribution in [2.75, 3.05) is 18.8 Å². The second kappa shape index (κ2) is 6.14. The molecule has 0 aliphatic carbocycles. The summed E-state index contributed by atoms with van der Waals surface area (Å²) in [6.45, 7) is 5.02. The second-order valence-electron chi connectivity index (χ2n) is 6.91. The highest BCUT2D eigenvalue weighted by Crippen LogP contribution is 2.52. The first-order valence-electron chi connectivity index (χ1n) is 8.46. The van der Waals surface area contributed by atoms with Crippen LogP contribution in [0.25, 0.3) is 0 Å². The largest absolute Gasteiger partial charge is 0.360 e. The molecule has 2 N–H and O–H groups in total. The first-order chi connectivity index (χ1) is 12.0. The zero-order valence-electron chi connectivity index (χ0n) is 14.1. The number of thioether (sulfide) groups is 1. The highest BCUT2D eigenvalue weighted by molar-refractivity contribution is 7.99. The number of hydrogen-bond donors (Lipinski definition) is 2. The molecule has 0 aromatic carbocycles. The van der Waals surface area contributed by atoms with E-state index in [2.05, 4.69) is 20.7 Å². The summed E-state index contributed by atoms with van der Waals surface area (Å²) in [4.78, 5) is 27.4. The molecular formula is C16H21N5O3S. The predicted octanol–water partition coefficient (Wildman–Crippen LogP) is 0.203. The summed E-state index contributed by atoms with van der Waals surface area (Å²) in [6, 6.07) is 0.103. The van der Waals surface area contributed by atoms with Gasteiger partial charge in [0.05, 0.1) is 30.7 Å². The number of hydrogen-bond acceptors (Lipinski definition) is 6. The molecule has 0 unspecified atom stereocenters. The zero-order valence-corrected chi connectivity index (χ0v) is 15.0. The fraction of sp³-hybridized carbons (Fsp3) is 0.625. The Morgan fingerprint density at radius 2 is 2.44 bits per heavy atom. The number of aromatic amines is 1. The first kappa shape index (κ1) is 16.6. The van der Waals surface area contributed by atoms with Gasteiger partial charge in [-0.05, 0) is 13.8 Å². The molecule has 3 aliphatic heterocycles. The lowest BCUT2D eigenvalue weighted by Gasteiger charge is -2.24. The van der Waals surface area contributed by atoms with Crippen LogP contribution in [0.2, 0.25) is 0 Å². The predicted molar refractivity (Wildman–Crippen MR) is 90.7 cm³/mol. The van der Waals surface area contributed by atoms with Crippen LogP contribution in [-0.2, 0) is 14.3 Å². The minimum absolute atomic E-state index is 0.0268. The zero-order chi connectivity index (χ0) is 17.6. The van der Waals surface area contributed by atoms with Gasteiger partial charge in [0.1, 0.15) is 10.6 Å². The van der Waals surface area contributed by atoms with Crippen LogP contribution in [-0.4, -0.2) is 68.7 Å². The maximum atomic E-state index is 12.8. The molecule has 2 amide bonds. The maximum Gasteiger partial charge on any atom is 0.230 e. The number of amides is 2. The van der Waals surface area contributed by atoms with Crippen LogP contribution in [0.15, 0.2) is 23.4 Å². The maximum absolute atomic E-state index is 12.8. The Hall–Kier alpha value is -1.87. The third-order valence-electron chi connectivity index (χ3n) is 5.10. The number of fused-ring (bicyclic) bond motifs is 1. The van der Waals surface area contributed by atoms with Gasteiger partial charge >= 0.3 is 0 Å². The highest BCUT2D eigenvalue weighted by atomic mass is 32.2. The topological polar surface area (TPSA) is 100 Å². The van der Waals surface area contributed by atoms with E-state index in [-0.39, 0.29) is 24.0 Å². The average Bonchev–Trinajstić information content (AvgIpc) is 3.33. The summed E-state index contributed by atoms with van der Waals surface area (Å²) in [5.74, 6) is -0.250. The molecule has 4 heterocycles. The van der Waals surface area contributed by atoms with Crippen LogP contribution in [0.4, 0.5) is 0 Å². The molecule has 3 aliphatic rings. The molecule has 2 fully saturated rings. The van der Waals surface area contributed by atoms with Crippen LogP contribution in [0, 0.1) is 11.8 Å². The summed E-state index contributed by atoms with van der Waals surface area (Å²) in [7, 11) is 0. The molecule has 2 saturated heterocycles. The fourth-order valence-electron chi connectivity index (χ4n) is 3.97. The van der Waals surface area contributed by atoms with Gasteiger partial charge in [-0.1, -0.05) is 12.2 Å². The number of carbonyl (C=O) groups is 2. The third-order valence-corrected chi connectivity index (χ3v) is 6.00. The van der Waals surface area contributed by atoms with Crippen LogP contribution in [0.3, 0.4) is 0 Å². The summed E-state index contributed by atoms with van der Waals surface area (Å²) in [5, 5.41) is 14.0. The van der Waals surface area contributed by atoms with E-state index in [1.807, 2.05) is 30.9 Å². The summed E-state index contributed by atoms with van der Waals surface area (Å²) >= 11 is 1.51. The van der Waals surface area contributed by atoms with Crippen molar-refractivity contribution >= 4 is 23.6 Å². The lowest BCUT2D eigenvalue weighted by atomic mass is 9.77. The van der Waals surface area contributed by atoms with Gasteiger partial charge in [-0.2, -0.15) is 10.3 Å². The number of likely N-dealkylation sites (tertiary alicyclic amines) is 1. The summed E-state index contributed by atoms with van der Waals surface area (Å²) < 4.78 is 6.07. The lowest BCUT2D eigenvalue weighted by Crippen LogP contribution is -2.45. The smallest absolute Gasteiger partial charge is 0.230 e. The van der Waals surface area contributed by atoms with E-state index in [1.54, 1.807) is 6.20 Å². The Morgan fingerprint density at radius 3 is 3.16 bits per heavy atom. The van der Waals surface area contributed by atoms with E-state index in [4.69, 9.17) is 4.74 Å². The molecular weight excluding hydrogens is 342 g/mol. The van der Waals surface area contributed by atoms with Crippen LogP contribution < -0.4 is 5.32 Å². The molecule has 1 spiro atoms. The molecule has 2 bridgehead atoms. The molecule has 8 nitrogen and oxygen atoms in total. The minimum atomic E-state index is -0.622. The third kappa shape index (κ3) is 2.65. The Labute approximate surface area is 149 Å². The minimum Gasteiger partial charge on any atom is -0.360 e. The van der Waals surface area contributed by atoms with Gasteiger partial charge in [0.15, 0.2) is 0 Å². The van der Waals surface area contributed by atoms with Crippen molar-refractivity contribution in [2.24, 2.45) is 11.8 Å². The first-order valence-corrected chi connectivity index (χ1v) is 9.44. The van der Waals surface area contributed by atoms with Crippen molar-refractivity contribution in [3.05, 3.63) is 18.3 Å². The molecule has 4 rings (SSSR count). The lowest BCUT2D eigenvalue weighted by molar-refractivity contribution is -0.138. The van der Waals surface area contributed by atoms with Gasteiger partial charge in [0.25, 0.3) is 0 Å². The number of ether oxygens (including phenoxy) is 1. The highest BCUT2D eigenvalue weighted by Gasteiger charge is 2.66. The molecule has 1 aromatic heterocycles. The van der Waals surface area contributed by atoms with E-state index < -0.39 is 17.4 Å². The number of aromatic nitrogens is 3. The van der Waals surface area contributed by atoms with Gasteiger partial charge in [0, 0.05) is 18.3 Å². The van der Waals surface area contributed by atoms with Crippen molar-refractivity contribution in [1.29, 1.82) is 0 Å². The van der Waals surface area contributed by atoms with Crippen molar-refractivity contribution < 1.29 is 14.3 Å². The van der Waals surface area contributed by atoms with E-state index in [0.717, 1.165) is 5.03 Å². The number of nitrogens with zero attached hydrogens (tertiary/aromatic N) is 3. The van der Waals surface area contributed by atoms with Crippen molar-refractivity contribution in [1.82, 2.24) is 25.6 Å². The van der Waals surface area contributed by atoms with Crippen molar-refractivity contribution in [2.45, 2.75) is 36.6 Å². The van der Waals surface area contributed by atoms with Crippen molar-refractivity contribution in [3.63, 3.8) is 0 Å². The van der Waals surface area contributed by atoms with E-state index >= 15 is 0 Å². The SMILES string of the molecule is CC(C)N1C[C@]23C=C[C@H](O2)[C@H](C(=O)NCCSc2cn[nH]n2)[C@@H]3C1=O. The quantitative estimate of drug-likeness (QED) is 0.426. The molecule has 25 heavy (non-hydrogen) atoms. The van der Waals surface area contributed by atoms with E-state index in [1.165, 1.54) is 11.8 Å². The van der Waals surface area contributed by atoms with Gasteiger partial charge in [0.2, 0.25) is 11.8 Å². The molecule has 4 atom stereocenters. The molecule has 0 saturated carbocycles. The Morgan fingerprint density at radius 1 is 1.60 bits per heavy atom. The van der Waals surface area contributed by atoms with E-state index in [0.29, 0.717) is 18.8 Å². The van der Waals surface area contributed by atoms with Gasteiger partial charge in [-0.3, -0.25) is 9.59 Å². The van der Waals surface area contributed by atoms with Gasteiger partial charge < -0.3 is 15.0 Å². The Balaban J connectivity index is 1.39. The second-order valence-corrected chi connectivity index (χ2v) is 8.02. The molecule has 0 radical (unpaired) electrons. The molecule has 9 heteroatoms. The van der Waals surface area contributed by atoms with Crippen LogP contribution in [0.5, 0.6) is 0 Å². The Bertz CT molecular complexity index is 707. The standard InChI is InChI=1S/C16H21N5O3S/c1-9(2)21-8-16-4-3-10(24-16)12(13(16)15(21)23)14(22)17-5-6-25-11-7-18-20-19-11/h3-4,7,9-10,12-13H,5-6,8H2,1-2H3,(H,17,22)(H,18,19,20)/t10-,12-,13+,16-/m0/s1. The summed E-state index contributed by atoms with van der Waals surface area (Å²) in [5.41, 5.74) is -0.622. The monoisotopic (exact) mass is 363 g/mol. The fourth-order valence-corrected chi connectivity index (χ4v) is 4.62. The van der Waals surface area contributed by atoms with Crippen LogP contribution >= 0.6 is 11.8 Å². The van der Waals surface area contributed by atoms with Gasteiger partial charge in [-0.15, -0.1) is 16.9 Å². The van der Waals surface area contributed by atoms with Crippen molar-refractivity contribution in [3.8, 4) is 0 Å². The molecule has 1 aromatic rings. The van der Waals surface area contributed by atoms with E-state index in [9.17, 15) is 9.59 Å². The van der Waals surface area contributed by atoms with Gasteiger partial charge in [-0.25, -0.2) is 0 Å².